The summed E-state index contributed by atoms with van der Waals surface area (Å²) in [5.41, 5.74) is 0.115. The lowest BCUT2D eigenvalue weighted by molar-refractivity contribution is 0.242. The molecule has 110 valence electrons. The zero-order valence-electron chi connectivity index (χ0n) is 12.0. The third-order valence-corrected chi connectivity index (χ3v) is 2.88. The number of rotatable bonds is 4. The second-order valence-corrected chi connectivity index (χ2v) is 4.73. The lowest BCUT2D eigenvalue weighted by atomic mass is 10.2. The summed E-state index contributed by atoms with van der Waals surface area (Å²) in [6.45, 7) is 7.47. The summed E-state index contributed by atoms with van der Waals surface area (Å²) >= 11 is 0. The predicted molar refractivity (Wildman–Crippen MR) is 79.3 cm³/mol. The molecule has 7 nitrogen and oxygen atoms in total. The lowest BCUT2D eigenvalue weighted by Crippen LogP contribution is -2.44. The van der Waals surface area contributed by atoms with Crippen molar-refractivity contribution in [3.05, 3.63) is 53.5 Å². The molecule has 0 saturated carbocycles. The largest absolute Gasteiger partial charge is 0.372 e. The Morgan fingerprint density at radius 3 is 2.57 bits per heavy atom. The molecule has 0 aliphatic carbocycles. The zero-order chi connectivity index (χ0) is 15.4. The average molecular weight is 287 g/mol. The standard InChI is InChI=1S/C14H17N5O2/c1-4-10-17-13(20)19(16-15-17)14(21)18(11(2)3)12-8-6-5-7-9-12/h4-9,11H,1,10H2,2-3H3. The number of hydrogen-bond donors (Lipinski definition) is 0. The molecule has 2 aromatic rings. The van der Waals surface area contributed by atoms with E-state index in [1.807, 2.05) is 32.0 Å². The summed E-state index contributed by atoms with van der Waals surface area (Å²) in [5.74, 6) is 0. The molecular weight excluding hydrogens is 270 g/mol. The summed E-state index contributed by atoms with van der Waals surface area (Å²) in [4.78, 5) is 26.1. The molecule has 0 bridgehead atoms. The van der Waals surface area contributed by atoms with Crippen molar-refractivity contribution in [2.75, 3.05) is 4.90 Å². The van der Waals surface area contributed by atoms with Crippen molar-refractivity contribution in [3.8, 4) is 0 Å². The van der Waals surface area contributed by atoms with Crippen LogP contribution in [0.4, 0.5) is 10.5 Å². The van der Waals surface area contributed by atoms with E-state index in [1.165, 1.54) is 11.0 Å². The molecule has 0 radical (unpaired) electrons. The Labute approximate surface area is 122 Å². The SMILES string of the molecule is C=CCn1nnn(C(=O)N(c2ccccc2)C(C)C)c1=O. The minimum absolute atomic E-state index is 0.128. The van der Waals surface area contributed by atoms with Crippen LogP contribution in [0.15, 0.2) is 47.8 Å². The third kappa shape index (κ3) is 2.91. The minimum Gasteiger partial charge on any atom is -0.290 e. The van der Waals surface area contributed by atoms with Crippen LogP contribution in [0, 0.1) is 0 Å². The van der Waals surface area contributed by atoms with Crippen molar-refractivity contribution >= 4 is 11.7 Å². The highest BCUT2D eigenvalue weighted by atomic mass is 16.2. The third-order valence-electron chi connectivity index (χ3n) is 2.88. The summed E-state index contributed by atoms with van der Waals surface area (Å²) in [7, 11) is 0. The molecule has 1 amide bonds. The van der Waals surface area contributed by atoms with Crippen LogP contribution in [0.25, 0.3) is 0 Å². The van der Waals surface area contributed by atoms with Gasteiger partial charge in [-0.1, -0.05) is 24.3 Å². The van der Waals surface area contributed by atoms with Crippen molar-refractivity contribution in [1.82, 2.24) is 19.8 Å². The van der Waals surface area contributed by atoms with Gasteiger partial charge in [0.15, 0.2) is 0 Å². The summed E-state index contributed by atoms with van der Waals surface area (Å²) in [5, 5.41) is 7.30. The smallest absolute Gasteiger partial charge is 0.290 e. The van der Waals surface area contributed by atoms with E-state index in [4.69, 9.17) is 0 Å². The molecule has 0 aliphatic rings. The van der Waals surface area contributed by atoms with E-state index in [-0.39, 0.29) is 12.6 Å². The Morgan fingerprint density at radius 1 is 1.33 bits per heavy atom. The molecule has 21 heavy (non-hydrogen) atoms. The fraction of sp³-hybridized carbons (Fsp3) is 0.286. The van der Waals surface area contributed by atoms with Crippen LogP contribution < -0.4 is 10.6 Å². The van der Waals surface area contributed by atoms with Crippen molar-refractivity contribution in [1.29, 1.82) is 0 Å². The Balaban J connectivity index is 2.41. The van der Waals surface area contributed by atoms with Gasteiger partial charge in [-0.25, -0.2) is 9.59 Å². The molecule has 0 saturated heterocycles. The second-order valence-electron chi connectivity index (χ2n) is 4.73. The summed E-state index contributed by atoms with van der Waals surface area (Å²) in [6, 6.07) is 8.46. The number of carbonyl (C=O) groups is 1. The number of tetrazole rings is 1. The van der Waals surface area contributed by atoms with Gasteiger partial charge in [0.05, 0.1) is 6.54 Å². The quantitative estimate of drug-likeness (QED) is 0.631. The van der Waals surface area contributed by atoms with Crippen LogP contribution in [0.2, 0.25) is 0 Å². The van der Waals surface area contributed by atoms with Crippen LogP contribution >= 0.6 is 0 Å². The fourth-order valence-corrected chi connectivity index (χ4v) is 1.95. The molecule has 0 spiro atoms. The van der Waals surface area contributed by atoms with Gasteiger partial charge in [0, 0.05) is 11.7 Å². The normalized spacial score (nSPS) is 10.6. The van der Waals surface area contributed by atoms with E-state index in [2.05, 4.69) is 17.0 Å². The molecule has 0 aliphatic heterocycles. The van der Waals surface area contributed by atoms with E-state index >= 15 is 0 Å². The van der Waals surface area contributed by atoms with Crippen LogP contribution in [0.3, 0.4) is 0 Å². The van der Waals surface area contributed by atoms with Gasteiger partial charge in [0.25, 0.3) is 0 Å². The predicted octanol–water partition coefficient (Wildman–Crippen LogP) is 1.51. The number of amides is 1. The number of aromatic nitrogens is 4. The highest BCUT2D eigenvalue weighted by Crippen LogP contribution is 2.17. The minimum atomic E-state index is -0.582. The van der Waals surface area contributed by atoms with Gasteiger partial charge in [-0.05, 0) is 36.4 Å². The molecule has 0 unspecified atom stereocenters. The van der Waals surface area contributed by atoms with Crippen LogP contribution in [0.1, 0.15) is 13.8 Å². The topological polar surface area (TPSA) is 73.0 Å². The van der Waals surface area contributed by atoms with Crippen LogP contribution in [-0.4, -0.2) is 31.9 Å². The number of carbonyl (C=O) groups excluding carboxylic acids is 1. The number of nitrogens with zero attached hydrogens (tertiary/aromatic N) is 5. The summed E-state index contributed by atoms with van der Waals surface area (Å²) < 4.78 is 1.84. The first-order chi connectivity index (χ1) is 10.1. The van der Waals surface area contributed by atoms with Gasteiger partial charge in [-0.2, -0.15) is 4.68 Å². The van der Waals surface area contributed by atoms with Crippen molar-refractivity contribution in [2.45, 2.75) is 26.4 Å². The molecule has 0 atom stereocenters. The number of benzene rings is 1. The first kappa shape index (κ1) is 14.7. The Hall–Kier alpha value is -2.70. The average Bonchev–Trinajstić information content (AvgIpc) is 2.82. The van der Waals surface area contributed by atoms with E-state index in [1.54, 1.807) is 12.1 Å². The number of hydrogen-bond acceptors (Lipinski definition) is 4. The molecule has 7 heteroatoms. The fourth-order valence-electron chi connectivity index (χ4n) is 1.95. The van der Waals surface area contributed by atoms with Crippen molar-refractivity contribution in [2.24, 2.45) is 0 Å². The van der Waals surface area contributed by atoms with Gasteiger partial charge in [-0.3, -0.25) is 4.90 Å². The highest BCUT2D eigenvalue weighted by molar-refractivity contribution is 5.93. The van der Waals surface area contributed by atoms with E-state index in [0.717, 1.165) is 9.36 Å². The van der Waals surface area contributed by atoms with Gasteiger partial charge in [0.1, 0.15) is 0 Å². The van der Waals surface area contributed by atoms with Gasteiger partial charge < -0.3 is 0 Å². The Kier molecular flexibility index (Phi) is 4.32. The monoisotopic (exact) mass is 287 g/mol. The molecule has 0 fully saturated rings. The van der Waals surface area contributed by atoms with Gasteiger partial charge in [0.2, 0.25) is 0 Å². The maximum Gasteiger partial charge on any atom is 0.372 e. The van der Waals surface area contributed by atoms with Crippen molar-refractivity contribution < 1.29 is 4.79 Å². The zero-order valence-corrected chi connectivity index (χ0v) is 12.0. The number of para-hydroxylation sites is 1. The lowest BCUT2D eigenvalue weighted by Gasteiger charge is -2.25. The van der Waals surface area contributed by atoms with E-state index in [0.29, 0.717) is 5.69 Å². The first-order valence-electron chi connectivity index (χ1n) is 6.58. The molecule has 1 heterocycles. The van der Waals surface area contributed by atoms with Crippen LogP contribution in [-0.2, 0) is 6.54 Å². The first-order valence-corrected chi connectivity index (χ1v) is 6.58. The number of allylic oxidation sites excluding steroid dienone is 1. The van der Waals surface area contributed by atoms with Gasteiger partial charge >= 0.3 is 11.7 Å². The second kappa shape index (κ2) is 6.17. The molecule has 1 aromatic heterocycles. The maximum absolute atomic E-state index is 12.6. The van der Waals surface area contributed by atoms with E-state index < -0.39 is 11.7 Å². The molecule has 2 rings (SSSR count). The Morgan fingerprint density at radius 2 is 2.00 bits per heavy atom. The van der Waals surface area contributed by atoms with Crippen molar-refractivity contribution in [3.63, 3.8) is 0 Å². The molecule has 0 N–H and O–H groups in total. The van der Waals surface area contributed by atoms with Crippen LogP contribution in [0.5, 0.6) is 0 Å². The van der Waals surface area contributed by atoms with E-state index in [9.17, 15) is 9.59 Å². The highest BCUT2D eigenvalue weighted by Gasteiger charge is 2.24. The Bertz CT molecular complexity index is 687. The summed E-state index contributed by atoms with van der Waals surface area (Å²) in [6.07, 6.45) is 1.52. The number of anilines is 1. The molecule has 1 aromatic carbocycles. The van der Waals surface area contributed by atoms with Gasteiger partial charge in [-0.15, -0.1) is 11.3 Å². The maximum atomic E-state index is 12.6. The molecular formula is C14H17N5O2.